The second-order valence-electron chi connectivity index (χ2n) is 7.10. The van der Waals surface area contributed by atoms with E-state index in [1.54, 1.807) is 0 Å². The van der Waals surface area contributed by atoms with Gasteiger partial charge < -0.3 is 18.9 Å². The van der Waals surface area contributed by atoms with Crippen molar-refractivity contribution in [2.45, 2.75) is 44.8 Å². The maximum absolute atomic E-state index is 13.9. The number of carbonyl (C=O) groups excluding carboxylic acids is 1. The SMILES string of the molecule is Cc1c(C(=O)OC2=C(F)C(F)C(F)C(F)=C2F)ccc(Br)c1OCCOC1CCCCO1. The number of alkyl halides is 2. The molecule has 3 unspecified atom stereocenters. The average molecular weight is 527 g/mol. The van der Waals surface area contributed by atoms with Crippen LogP contribution in [0.2, 0.25) is 0 Å². The van der Waals surface area contributed by atoms with Gasteiger partial charge in [-0.1, -0.05) is 0 Å². The molecule has 0 spiro atoms. The second-order valence-corrected chi connectivity index (χ2v) is 7.95. The highest BCUT2D eigenvalue weighted by Gasteiger charge is 2.42. The Morgan fingerprint density at radius 2 is 1.84 bits per heavy atom. The maximum atomic E-state index is 13.9. The van der Waals surface area contributed by atoms with Crippen molar-refractivity contribution in [1.82, 2.24) is 0 Å². The number of rotatable bonds is 7. The van der Waals surface area contributed by atoms with Crippen LogP contribution < -0.4 is 4.74 Å². The van der Waals surface area contributed by atoms with Crippen molar-refractivity contribution in [1.29, 1.82) is 0 Å². The first-order chi connectivity index (χ1) is 15.2. The minimum Gasteiger partial charge on any atom is -0.490 e. The molecule has 0 radical (unpaired) electrons. The van der Waals surface area contributed by atoms with Crippen LogP contribution in [0.25, 0.3) is 0 Å². The zero-order valence-electron chi connectivity index (χ0n) is 16.9. The summed E-state index contributed by atoms with van der Waals surface area (Å²) in [6.07, 6.45) is -3.79. The Morgan fingerprint density at radius 3 is 2.53 bits per heavy atom. The zero-order valence-corrected chi connectivity index (χ0v) is 18.5. The molecule has 11 heteroatoms. The summed E-state index contributed by atoms with van der Waals surface area (Å²) >= 11 is 3.28. The van der Waals surface area contributed by atoms with E-state index in [1.165, 1.54) is 19.1 Å². The molecule has 1 aromatic carbocycles. The Labute approximate surface area is 189 Å². The van der Waals surface area contributed by atoms with Crippen molar-refractivity contribution in [3.63, 3.8) is 0 Å². The van der Waals surface area contributed by atoms with Crippen molar-refractivity contribution in [2.75, 3.05) is 19.8 Å². The van der Waals surface area contributed by atoms with Gasteiger partial charge in [-0.3, -0.25) is 0 Å². The zero-order chi connectivity index (χ0) is 23.4. The van der Waals surface area contributed by atoms with Crippen LogP contribution in [0.1, 0.15) is 35.2 Å². The van der Waals surface area contributed by atoms with E-state index in [9.17, 15) is 26.7 Å². The Kier molecular flexibility index (Phi) is 8.29. The molecule has 1 aliphatic heterocycles. The highest BCUT2D eigenvalue weighted by molar-refractivity contribution is 9.10. The lowest BCUT2D eigenvalue weighted by atomic mass is 10.1. The highest BCUT2D eigenvalue weighted by Crippen LogP contribution is 2.38. The van der Waals surface area contributed by atoms with Gasteiger partial charge in [0.15, 0.2) is 30.3 Å². The number of hydrogen-bond donors (Lipinski definition) is 0. The molecular formula is C21H20BrF5O5. The van der Waals surface area contributed by atoms with E-state index >= 15 is 0 Å². The lowest BCUT2D eigenvalue weighted by Crippen LogP contribution is -2.26. The number of hydrogen-bond acceptors (Lipinski definition) is 5. The smallest absolute Gasteiger partial charge is 0.344 e. The molecule has 0 N–H and O–H groups in total. The van der Waals surface area contributed by atoms with Crippen molar-refractivity contribution in [3.8, 4) is 5.75 Å². The van der Waals surface area contributed by atoms with E-state index in [1.807, 2.05) is 0 Å². The van der Waals surface area contributed by atoms with Crippen LogP contribution in [-0.2, 0) is 14.2 Å². The lowest BCUT2D eigenvalue weighted by molar-refractivity contribution is -0.165. The van der Waals surface area contributed by atoms with Gasteiger partial charge in [0.25, 0.3) is 0 Å². The standard InChI is InChI=1S/C21H20BrF5O5/c1-10-11(21(28)32-20-17(26)15(24)14(23)16(25)18(20)27)5-6-12(22)19(10)31-9-8-30-13-4-2-3-7-29-13/h5-6,13-15H,2-4,7-9H2,1H3. The number of benzene rings is 1. The van der Waals surface area contributed by atoms with Gasteiger partial charge in [-0.05, 0) is 54.2 Å². The maximum Gasteiger partial charge on any atom is 0.344 e. The first-order valence-corrected chi connectivity index (χ1v) is 10.6. The van der Waals surface area contributed by atoms with Gasteiger partial charge in [0.05, 0.1) is 16.6 Å². The minimum absolute atomic E-state index is 0.113. The quantitative estimate of drug-likeness (QED) is 0.253. The van der Waals surface area contributed by atoms with E-state index in [2.05, 4.69) is 20.7 Å². The highest BCUT2D eigenvalue weighted by atomic mass is 79.9. The van der Waals surface area contributed by atoms with Crippen LogP contribution in [-0.4, -0.2) is 44.4 Å². The molecule has 1 heterocycles. The predicted molar refractivity (Wildman–Crippen MR) is 107 cm³/mol. The van der Waals surface area contributed by atoms with Crippen LogP contribution in [0.15, 0.2) is 39.8 Å². The molecule has 5 nitrogen and oxygen atoms in total. The fraction of sp³-hybridized carbons (Fsp3) is 0.476. The molecule has 3 rings (SSSR count). The molecular weight excluding hydrogens is 507 g/mol. The number of halogens is 6. The molecule has 2 aliphatic rings. The summed E-state index contributed by atoms with van der Waals surface area (Å²) in [7, 11) is 0. The Morgan fingerprint density at radius 1 is 1.12 bits per heavy atom. The average Bonchev–Trinajstić information content (AvgIpc) is 2.79. The number of allylic oxidation sites excluding steroid dienone is 3. The topological polar surface area (TPSA) is 54.0 Å². The summed E-state index contributed by atoms with van der Waals surface area (Å²) in [6, 6.07) is 2.70. The third kappa shape index (κ3) is 5.32. The second kappa shape index (κ2) is 10.8. The van der Waals surface area contributed by atoms with Gasteiger partial charge >= 0.3 is 5.97 Å². The summed E-state index contributed by atoms with van der Waals surface area (Å²) < 4.78 is 89.6. The molecule has 1 aliphatic carbocycles. The van der Waals surface area contributed by atoms with E-state index < -0.39 is 41.6 Å². The molecule has 0 saturated carbocycles. The van der Waals surface area contributed by atoms with E-state index in [0.29, 0.717) is 11.1 Å². The predicted octanol–water partition coefficient (Wildman–Crippen LogP) is 5.86. The van der Waals surface area contributed by atoms with Crippen molar-refractivity contribution in [3.05, 3.63) is 51.0 Å². The van der Waals surface area contributed by atoms with Gasteiger partial charge in [0.1, 0.15) is 12.4 Å². The van der Waals surface area contributed by atoms with Crippen molar-refractivity contribution >= 4 is 21.9 Å². The van der Waals surface area contributed by atoms with E-state index in [4.69, 9.17) is 14.2 Å². The minimum atomic E-state index is -3.15. The van der Waals surface area contributed by atoms with Gasteiger partial charge in [0.2, 0.25) is 11.6 Å². The summed E-state index contributed by atoms with van der Waals surface area (Å²) in [5.41, 5.74) is 0.0613. The Hall–Kier alpha value is -1.98. The monoisotopic (exact) mass is 526 g/mol. The molecule has 3 atom stereocenters. The third-order valence-electron chi connectivity index (χ3n) is 4.91. The molecule has 1 saturated heterocycles. The molecule has 0 bridgehead atoms. The normalized spacial score (nSPS) is 24.0. The number of ether oxygens (including phenoxy) is 4. The van der Waals surface area contributed by atoms with E-state index in [-0.39, 0.29) is 36.4 Å². The molecule has 0 amide bonds. The summed E-state index contributed by atoms with van der Waals surface area (Å²) in [5.74, 6) is -9.02. The van der Waals surface area contributed by atoms with Crippen LogP contribution in [0.4, 0.5) is 22.0 Å². The fourth-order valence-electron chi connectivity index (χ4n) is 3.18. The fourth-order valence-corrected chi connectivity index (χ4v) is 3.72. The third-order valence-corrected chi connectivity index (χ3v) is 5.54. The number of esters is 1. The largest absolute Gasteiger partial charge is 0.490 e. The molecule has 1 fully saturated rings. The first kappa shape index (κ1) is 24.7. The molecule has 1 aromatic rings. The van der Waals surface area contributed by atoms with Gasteiger partial charge in [-0.15, -0.1) is 0 Å². The van der Waals surface area contributed by atoms with Crippen LogP contribution in [0.5, 0.6) is 5.75 Å². The summed E-state index contributed by atoms with van der Waals surface area (Å²) in [5, 5.41) is 0. The van der Waals surface area contributed by atoms with Gasteiger partial charge in [-0.25, -0.2) is 22.4 Å². The molecule has 0 aromatic heterocycles. The van der Waals surface area contributed by atoms with Crippen LogP contribution >= 0.6 is 15.9 Å². The van der Waals surface area contributed by atoms with E-state index in [0.717, 1.165) is 19.3 Å². The van der Waals surface area contributed by atoms with Crippen molar-refractivity contribution in [2.24, 2.45) is 0 Å². The van der Waals surface area contributed by atoms with Gasteiger partial charge in [0, 0.05) is 12.2 Å². The first-order valence-electron chi connectivity index (χ1n) is 9.83. The number of carbonyl (C=O) groups is 1. The van der Waals surface area contributed by atoms with Crippen molar-refractivity contribution < 1.29 is 45.7 Å². The Bertz CT molecular complexity index is 929. The van der Waals surface area contributed by atoms with Crippen LogP contribution in [0, 0.1) is 6.92 Å². The van der Waals surface area contributed by atoms with Crippen LogP contribution in [0.3, 0.4) is 0 Å². The summed E-state index contributed by atoms with van der Waals surface area (Å²) in [4.78, 5) is 12.5. The summed E-state index contributed by atoms with van der Waals surface area (Å²) in [6.45, 7) is 2.43. The molecule has 32 heavy (non-hydrogen) atoms. The molecule has 176 valence electrons. The Balaban J connectivity index is 1.69. The van der Waals surface area contributed by atoms with Gasteiger partial charge in [-0.2, -0.15) is 4.39 Å². The lowest BCUT2D eigenvalue weighted by Gasteiger charge is -2.23.